The van der Waals surface area contributed by atoms with Gasteiger partial charge in [-0.25, -0.2) is 4.39 Å². The van der Waals surface area contributed by atoms with Crippen molar-refractivity contribution in [2.24, 2.45) is 0 Å². The summed E-state index contributed by atoms with van der Waals surface area (Å²) in [6, 6.07) is 19.8. The first-order valence-corrected chi connectivity index (χ1v) is 12.2. The number of nitrogens with zero attached hydrogens (tertiary/aromatic N) is 2. The van der Waals surface area contributed by atoms with Crippen LogP contribution in [-0.4, -0.2) is 53.8 Å². The molecule has 7 heteroatoms. The lowest BCUT2D eigenvalue weighted by Gasteiger charge is -2.26. The Bertz CT molecular complexity index is 1320. The molecule has 1 fully saturated rings. The summed E-state index contributed by atoms with van der Waals surface area (Å²) in [4.78, 5) is 29.5. The van der Waals surface area contributed by atoms with Crippen molar-refractivity contribution >= 4 is 17.4 Å². The van der Waals surface area contributed by atoms with E-state index in [1.54, 1.807) is 36.4 Å². The molecule has 6 nitrogen and oxygen atoms in total. The second-order valence-corrected chi connectivity index (χ2v) is 9.43. The topological polar surface area (TPSA) is 70.1 Å². The number of ketones is 1. The fourth-order valence-corrected chi connectivity index (χ4v) is 4.54. The lowest BCUT2D eigenvalue weighted by Crippen LogP contribution is -2.32. The molecule has 192 valence electrons. The Morgan fingerprint density at radius 3 is 2.41 bits per heavy atom. The van der Waals surface area contributed by atoms with E-state index in [0.717, 1.165) is 11.1 Å². The Balaban J connectivity index is 1.69. The molecule has 0 spiro atoms. The molecule has 1 atom stereocenters. The molecule has 3 aromatic carbocycles. The molecule has 1 aliphatic rings. The fraction of sp³-hybridized carbons (Fsp3) is 0.267. The van der Waals surface area contributed by atoms with Crippen LogP contribution in [0.1, 0.15) is 34.7 Å². The molecular formula is C30H31FN2O4. The molecule has 1 heterocycles. The van der Waals surface area contributed by atoms with Gasteiger partial charge < -0.3 is 19.6 Å². The van der Waals surface area contributed by atoms with E-state index in [2.05, 4.69) is 0 Å². The van der Waals surface area contributed by atoms with Crippen molar-refractivity contribution in [2.75, 3.05) is 27.2 Å². The normalized spacial score (nSPS) is 17.0. The van der Waals surface area contributed by atoms with Gasteiger partial charge in [0.05, 0.1) is 11.6 Å². The molecule has 1 saturated heterocycles. The third-order valence-electron chi connectivity index (χ3n) is 6.43. The van der Waals surface area contributed by atoms with Gasteiger partial charge in [0.1, 0.15) is 23.9 Å². The standard InChI is InChI=1S/C30H31FN2O4/c1-20-18-22(14-15-25(20)37-19-21-10-5-4-6-11-21)28(34)26-27(23-12-7-8-13-24(23)31)33(30(36)29(26)35)17-9-16-32(2)3/h4-8,10-15,18,27,34H,9,16-17,19H2,1-3H3/b28-26+. The molecular weight excluding hydrogens is 471 g/mol. The number of ether oxygens (including phenoxy) is 1. The highest BCUT2D eigenvalue weighted by atomic mass is 19.1. The average Bonchev–Trinajstić information content (AvgIpc) is 3.13. The number of hydrogen-bond acceptors (Lipinski definition) is 5. The van der Waals surface area contributed by atoms with Gasteiger partial charge in [0.15, 0.2) is 0 Å². The van der Waals surface area contributed by atoms with Crippen LogP contribution in [0.4, 0.5) is 4.39 Å². The Labute approximate surface area is 216 Å². The van der Waals surface area contributed by atoms with Crippen molar-refractivity contribution in [3.63, 3.8) is 0 Å². The van der Waals surface area contributed by atoms with Crippen LogP contribution in [0.2, 0.25) is 0 Å². The number of carbonyl (C=O) groups excluding carboxylic acids is 2. The van der Waals surface area contributed by atoms with E-state index >= 15 is 0 Å². The summed E-state index contributed by atoms with van der Waals surface area (Å²) in [7, 11) is 3.83. The van der Waals surface area contributed by atoms with Gasteiger partial charge in [-0.3, -0.25) is 9.59 Å². The SMILES string of the molecule is Cc1cc(/C(O)=C2\C(=O)C(=O)N(CCCN(C)C)C2c2ccccc2F)ccc1OCc1ccccc1. The van der Waals surface area contributed by atoms with E-state index in [4.69, 9.17) is 4.74 Å². The van der Waals surface area contributed by atoms with Crippen LogP contribution in [-0.2, 0) is 16.2 Å². The molecule has 0 aromatic heterocycles. The number of rotatable bonds is 9. The van der Waals surface area contributed by atoms with Gasteiger partial charge in [0.25, 0.3) is 11.7 Å². The van der Waals surface area contributed by atoms with Gasteiger partial charge >= 0.3 is 0 Å². The number of amides is 1. The number of benzene rings is 3. The maximum atomic E-state index is 14.9. The third-order valence-corrected chi connectivity index (χ3v) is 6.43. The highest BCUT2D eigenvalue weighted by Crippen LogP contribution is 2.40. The molecule has 37 heavy (non-hydrogen) atoms. The fourth-order valence-electron chi connectivity index (χ4n) is 4.54. The number of hydrogen-bond donors (Lipinski definition) is 1. The molecule has 1 amide bonds. The Morgan fingerprint density at radius 2 is 1.73 bits per heavy atom. The number of likely N-dealkylation sites (tertiary alicyclic amines) is 1. The van der Waals surface area contributed by atoms with E-state index in [9.17, 15) is 19.1 Å². The minimum Gasteiger partial charge on any atom is -0.507 e. The predicted molar refractivity (Wildman–Crippen MR) is 141 cm³/mol. The van der Waals surface area contributed by atoms with E-state index in [1.165, 1.54) is 11.0 Å². The number of carbonyl (C=O) groups is 2. The summed E-state index contributed by atoms with van der Waals surface area (Å²) in [5, 5.41) is 11.3. The lowest BCUT2D eigenvalue weighted by molar-refractivity contribution is -0.140. The largest absolute Gasteiger partial charge is 0.507 e. The minimum absolute atomic E-state index is 0.114. The average molecular weight is 503 g/mol. The summed E-state index contributed by atoms with van der Waals surface area (Å²) in [6.45, 7) is 3.17. The van der Waals surface area contributed by atoms with Gasteiger partial charge in [-0.15, -0.1) is 0 Å². The van der Waals surface area contributed by atoms with E-state index < -0.39 is 23.5 Å². The lowest BCUT2D eigenvalue weighted by atomic mass is 9.94. The molecule has 4 rings (SSSR count). The predicted octanol–water partition coefficient (Wildman–Crippen LogP) is 5.09. The summed E-state index contributed by atoms with van der Waals surface area (Å²) >= 11 is 0. The zero-order chi connectivity index (χ0) is 26.5. The van der Waals surface area contributed by atoms with Crippen LogP contribution < -0.4 is 4.74 Å². The van der Waals surface area contributed by atoms with Gasteiger partial charge in [-0.1, -0.05) is 48.5 Å². The zero-order valence-electron chi connectivity index (χ0n) is 21.3. The molecule has 0 radical (unpaired) electrons. The first-order valence-electron chi connectivity index (χ1n) is 12.2. The second-order valence-electron chi connectivity index (χ2n) is 9.43. The first-order chi connectivity index (χ1) is 17.8. The van der Waals surface area contributed by atoms with Gasteiger partial charge in [0.2, 0.25) is 0 Å². The summed E-state index contributed by atoms with van der Waals surface area (Å²) in [5.41, 5.74) is 2.19. The minimum atomic E-state index is -1.02. The number of aliphatic hydroxyl groups is 1. The summed E-state index contributed by atoms with van der Waals surface area (Å²) in [6.07, 6.45) is 0.595. The monoisotopic (exact) mass is 502 g/mol. The van der Waals surface area contributed by atoms with Crippen molar-refractivity contribution in [3.8, 4) is 5.75 Å². The molecule has 0 bridgehead atoms. The zero-order valence-corrected chi connectivity index (χ0v) is 21.3. The molecule has 1 aliphatic heterocycles. The maximum Gasteiger partial charge on any atom is 0.295 e. The van der Waals surface area contributed by atoms with Crippen molar-refractivity contribution in [3.05, 3.63) is 106 Å². The number of aryl methyl sites for hydroxylation is 1. The molecule has 3 aromatic rings. The quantitative estimate of drug-likeness (QED) is 0.251. The number of halogens is 1. The van der Waals surface area contributed by atoms with Gasteiger partial charge in [0, 0.05) is 17.7 Å². The Kier molecular flexibility index (Phi) is 8.04. The Hall–Kier alpha value is -3.97. The van der Waals surface area contributed by atoms with Gasteiger partial charge in [-0.2, -0.15) is 0 Å². The molecule has 0 saturated carbocycles. The smallest absolute Gasteiger partial charge is 0.295 e. The van der Waals surface area contributed by atoms with Crippen LogP contribution in [0, 0.1) is 12.7 Å². The van der Waals surface area contributed by atoms with Crippen LogP contribution in [0.15, 0.2) is 78.4 Å². The van der Waals surface area contributed by atoms with Crippen LogP contribution in [0.5, 0.6) is 5.75 Å². The molecule has 1 unspecified atom stereocenters. The van der Waals surface area contributed by atoms with Crippen molar-refractivity contribution < 1.29 is 23.8 Å². The molecule has 1 N–H and O–H groups in total. The van der Waals surface area contributed by atoms with E-state index in [1.807, 2.05) is 56.3 Å². The molecule has 0 aliphatic carbocycles. The summed E-state index contributed by atoms with van der Waals surface area (Å²) < 4.78 is 20.8. The van der Waals surface area contributed by atoms with Crippen molar-refractivity contribution in [1.29, 1.82) is 0 Å². The van der Waals surface area contributed by atoms with Gasteiger partial charge in [-0.05, 0) is 69.4 Å². The number of aliphatic hydroxyl groups excluding tert-OH is 1. The van der Waals surface area contributed by atoms with Crippen LogP contribution in [0.25, 0.3) is 5.76 Å². The highest BCUT2D eigenvalue weighted by molar-refractivity contribution is 6.46. The van der Waals surface area contributed by atoms with E-state index in [-0.39, 0.29) is 23.4 Å². The van der Waals surface area contributed by atoms with Crippen LogP contribution >= 0.6 is 0 Å². The van der Waals surface area contributed by atoms with E-state index in [0.29, 0.717) is 30.9 Å². The van der Waals surface area contributed by atoms with Crippen LogP contribution in [0.3, 0.4) is 0 Å². The number of Topliss-reactive ketones (excluding diaryl/α,β-unsaturated/α-hetero) is 1. The highest BCUT2D eigenvalue weighted by Gasteiger charge is 2.46. The maximum absolute atomic E-state index is 14.9. The van der Waals surface area contributed by atoms with Crippen molar-refractivity contribution in [2.45, 2.75) is 26.0 Å². The Morgan fingerprint density at radius 1 is 1.03 bits per heavy atom. The second kappa shape index (κ2) is 11.4. The summed E-state index contributed by atoms with van der Waals surface area (Å²) in [5.74, 6) is -1.81. The first kappa shape index (κ1) is 26.1. The van der Waals surface area contributed by atoms with Crippen molar-refractivity contribution in [1.82, 2.24) is 9.80 Å². The third kappa shape index (κ3) is 5.73.